The van der Waals surface area contributed by atoms with Crippen LogP contribution in [-0.4, -0.2) is 19.1 Å². The van der Waals surface area contributed by atoms with E-state index < -0.39 is 0 Å². The highest BCUT2D eigenvalue weighted by atomic mass is 35.5. The Morgan fingerprint density at radius 2 is 1.85 bits per heavy atom. The van der Waals surface area contributed by atoms with Gasteiger partial charge in [0, 0.05) is 11.3 Å². The summed E-state index contributed by atoms with van der Waals surface area (Å²) in [5, 5.41) is 0. The van der Waals surface area contributed by atoms with Gasteiger partial charge in [-0.15, -0.1) is 11.6 Å². The minimum Gasteiger partial charge on any atom is -0.380 e. The van der Waals surface area contributed by atoms with Crippen molar-refractivity contribution in [3.8, 4) is 0 Å². The highest BCUT2D eigenvalue weighted by Crippen LogP contribution is 2.46. The molecule has 0 aromatic carbocycles. The fraction of sp³-hybridized carbons (Fsp3) is 1.00. The Kier molecular flexibility index (Phi) is 3.15. The minimum atomic E-state index is 0.488. The first-order valence-electron chi connectivity index (χ1n) is 5.51. The second-order valence-corrected chi connectivity index (χ2v) is 5.01. The minimum absolute atomic E-state index is 0.488. The van der Waals surface area contributed by atoms with Crippen molar-refractivity contribution in [2.75, 3.05) is 19.1 Å². The Bertz CT molecular complexity index is 159. The summed E-state index contributed by atoms with van der Waals surface area (Å²) in [6.45, 7) is 1.95. The molecule has 0 aromatic heterocycles. The summed E-state index contributed by atoms with van der Waals surface area (Å²) in [4.78, 5) is 0. The molecule has 0 N–H and O–H groups in total. The lowest BCUT2D eigenvalue weighted by Crippen LogP contribution is -2.49. The van der Waals surface area contributed by atoms with E-state index in [4.69, 9.17) is 16.3 Å². The number of hydrogen-bond acceptors (Lipinski definition) is 1. The van der Waals surface area contributed by atoms with Crippen molar-refractivity contribution in [1.29, 1.82) is 0 Å². The normalized spacial score (nSPS) is 28.4. The van der Waals surface area contributed by atoms with Gasteiger partial charge in [0.1, 0.15) is 0 Å². The average Bonchev–Trinajstić information content (AvgIpc) is 2.13. The number of halogens is 1. The molecule has 0 radical (unpaired) electrons. The van der Waals surface area contributed by atoms with Gasteiger partial charge >= 0.3 is 0 Å². The molecule has 13 heavy (non-hydrogen) atoms. The van der Waals surface area contributed by atoms with Crippen LogP contribution in [0.2, 0.25) is 0 Å². The van der Waals surface area contributed by atoms with Crippen LogP contribution in [0, 0.1) is 11.3 Å². The summed E-state index contributed by atoms with van der Waals surface area (Å²) in [5.41, 5.74) is 0.488. The van der Waals surface area contributed by atoms with Crippen LogP contribution in [0.1, 0.15) is 38.5 Å². The molecular formula is C11H19ClO. The van der Waals surface area contributed by atoms with E-state index in [-0.39, 0.29) is 0 Å². The Labute approximate surface area is 85.8 Å². The van der Waals surface area contributed by atoms with Crippen molar-refractivity contribution in [3.05, 3.63) is 0 Å². The summed E-state index contributed by atoms with van der Waals surface area (Å²) < 4.78 is 5.39. The van der Waals surface area contributed by atoms with E-state index in [1.54, 1.807) is 0 Å². The standard InChI is InChI=1S/C11H19ClO/c12-7-6-11(8-13-9-11)10-4-2-1-3-5-10/h10H,1-9H2. The lowest BCUT2D eigenvalue weighted by Gasteiger charge is -2.48. The van der Waals surface area contributed by atoms with Crippen molar-refractivity contribution >= 4 is 11.6 Å². The molecule has 2 heteroatoms. The van der Waals surface area contributed by atoms with E-state index in [1.807, 2.05) is 0 Å². The number of rotatable bonds is 3. The molecule has 0 unspecified atom stereocenters. The monoisotopic (exact) mass is 202 g/mol. The molecule has 0 atom stereocenters. The van der Waals surface area contributed by atoms with E-state index in [2.05, 4.69) is 0 Å². The van der Waals surface area contributed by atoms with Crippen molar-refractivity contribution in [2.24, 2.45) is 11.3 Å². The van der Waals surface area contributed by atoms with Crippen LogP contribution in [0.4, 0.5) is 0 Å². The van der Waals surface area contributed by atoms with Crippen LogP contribution < -0.4 is 0 Å². The SMILES string of the molecule is ClCCC1(C2CCCCC2)COC1. The zero-order valence-corrected chi connectivity index (χ0v) is 8.98. The lowest BCUT2D eigenvalue weighted by molar-refractivity contribution is -0.153. The number of alkyl halides is 1. The summed E-state index contributed by atoms with van der Waals surface area (Å²) in [7, 11) is 0. The van der Waals surface area contributed by atoms with Gasteiger partial charge in [0.15, 0.2) is 0 Å². The van der Waals surface area contributed by atoms with Gasteiger partial charge in [0.05, 0.1) is 13.2 Å². The van der Waals surface area contributed by atoms with E-state index in [1.165, 1.54) is 38.5 Å². The van der Waals surface area contributed by atoms with E-state index in [9.17, 15) is 0 Å². The van der Waals surface area contributed by atoms with Gasteiger partial charge in [-0.1, -0.05) is 19.3 Å². The average molecular weight is 203 g/mol. The lowest BCUT2D eigenvalue weighted by atomic mass is 9.66. The molecule has 1 saturated carbocycles. The molecule has 1 heterocycles. The Morgan fingerprint density at radius 1 is 1.15 bits per heavy atom. The highest BCUT2D eigenvalue weighted by Gasteiger charge is 2.44. The van der Waals surface area contributed by atoms with Crippen molar-refractivity contribution < 1.29 is 4.74 Å². The van der Waals surface area contributed by atoms with Crippen LogP contribution >= 0.6 is 11.6 Å². The predicted octanol–water partition coefficient (Wildman–Crippen LogP) is 3.21. The second-order valence-electron chi connectivity index (χ2n) is 4.63. The van der Waals surface area contributed by atoms with Gasteiger partial charge < -0.3 is 4.74 Å². The van der Waals surface area contributed by atoms with E-state index >= 15 is 0 Å². The molecule has 1 nitrogen and oxygen atoms in total. The smallest absolute Gasteiger partial charge is 0.0547 e. The molecule has 0 bridgehead atoms. The first-order chi connectivity index (χ1) is 6.37. The van der Waals surface area contributed by atoms with Gasteiger partial charge in [-0.2, -0.15) is 0 Å². The molecule has 1 saturated heterocycles. The molecule has 0 spiro atoms. The third-order valence-corrected chi connectivity index (χ3v) is 4.03. The Hall–Kier alpha value is 0.250. The van der Waals surface area contributed by atoms with E-state index in [0.717, 1.165) is 25.0 Å². The summed E-state index contributed by atoms with van der Waals surface area (Å²) in [6, 6.07) is 0. The van der Waals surface area contributed by atoms with Gasteiger partial charge in [-0.25, -0.2) is 0 Å². The molecule has 2 fully saturated rings. The van der Waals surface area contributed by atoms with Gasteiger partial charge in [0.2, 0.25) is 0 Å². The van der Waals surface area contributed by atoms with Crippen molar-refractivity contribution in [2.45, 2.75) is 38.5 Å². The largest absolute Gasteiger partial charge is 0.380 e. The number of ether oxygens (including phenoxy) is 1. The van der Waals surface area contributed by atoms with E-state index in [0.29, 0.717) is 5.41 Å². The number of hydrogen-bond donors (Lipinski definition) is 0. The first-order valence-corrected chi connectivity index (χ1v) is 6.04. The summed E-state index contributed by atoms with van der Waals surface area (Å²) in [5.74, 6) is 1.72. The quantitative estimate of drug-likeness (QED) is 0.639. The third-order valence-electron chi connectivity index (χ3n) is 3.84. The fourth-order valence-electron chi connectivity index (χ4n) is 2.85. The Balaban J connectivity index is 1.93. The molecule has 2 rings (SSSR count). The van der Waals surface area contributed by atoms with Gasteiger partial charge in [-0.05, 0) is 25.2 Å². The molecule has 1 aliphatic heterocycles. The predicted molar refractivity (Wildman–Crippen MR) is 55.2 cm³/mol. The molecule has 0 amide bonds. The van der Waals surface area contributed by atoms with Gasteiger partial charge in [0.25, 0.3) is 0 Å². The van der Waals surface area contributed by atoms with Crippen molar-refractivity contribution in [1.82, 2.24) is 0 Å². The third kappa shape index (κ3) is 1.87. The van der Waals surface area contributed by atoms with Crippen LogP contribution in [0.25, 0.3) is 0 Å². The topological polar surface area (TPSA) is 9.23 Å². The molecule has 1 aliphatic carbocycles. The Morgan fingerprint density at radius 3 is 2.31 bits per heavy atom. The maximum absolute atomic E-state index is 5.86. The summed E-state index contributed by atoms with van der Waals surface area (Å²) >= 11 is 5.86. The van der Waals surface area contributed by atoms with Crippen LogP contribution in [0.5, 0.6) is 0 Å². The molecule has 0 aromatic rings. The van der Waals surface area contributed by atoms with Crippen LogP contribution in [0.15, 0.2) is 0 Å². The molecule has 2 aliphatic rings. The zero-order valence-electron chi connectivity index (χ0n) is 8.23. The first kappa shape index (κ1) is 9.79. The molecule has 76 valence electrons. The van der Waals surface area contributed by atoms with Crippen LogP contribution in [0.3, 0.4) is 0 Å². The summed E-state index contributed by atoms with van der Waals surface area (Å²) in [6.07, 6.45) is 8.29. The maximum atomic E-state index is 5.86. The van der Waals surface area contributed by atoms with Crippen molar-refractivity contribution in [3.63, 3.8) is 0 Å². The van der Waals surface area contributed by atoms with Gasteiger partial charge in [-0.3, -0.25) is 0 Å². The maximum Gasteiger partial charge on any atom is 0.0547 e. The zero-order chi connectivity index (χ0) is 9.15. The molecular weight excluding hydrogens is 184 g/mol. The second kappa shape index (κ2) is 4.18. The highest BCUT2D eigenvalue weighted by molar-refractivity contribution is 6.17. The van der Waals surface area contributed by atoms with Crippen LogP contribution in [-0.2, 0) is 4.74 Å². The fourth-order valence-corrected chi connectivity index (χ4v) is 3.23.